The minimum Gasteiger partial charge on any atom is -0.378 e. The van der Waals surface area contributed by atoms with Crippen molar-refractivity contribution in [1.29, 1.82) is 0 Å². The van der Waals surface area contributed by atoms with Gasteiger partial charge in [-0.2, -0.15) is 4.68 Å². The van der Waals surface area contributed by atoms with E-state index < -0.39 is 5.91 Å². The summed E-state index contributed by atoms with van der Waals surface area (Å²) in [5.41, 5.74) is 13.4. The third-order valence-electron chi connectivity index (χ3n) is 5.42. The Morgan fingerprint density at radius 2 is 2.09 bits per heavy atom. The maximum Gasteiger partial charge on any atom is 0.292 e. The number of carbonyl (C=O) groups excluding carboxylic acids is 1. The van der Waals surface area contributed by atoms with Crippen molar-refractivity contribution in [2.45, 2.75) is 26.3 Å². The molecule has 4 rings (SSSR count). The van der Waals surface area contributed by atoms with Gasteiger partial charge in [-0.15, -0.1) is 5.10 Å². The van der Waals surface area contributed by atoms with Gasteiger partial charge in [-0.05, 0) is 59.9 Å². The molecule has 1 amide bonds. The van der Waals surface area contributed by atoms with Gasteiger partial charge in [-0.1, -0.05) is 46.8 Å². The predicted octanol–water partition coefficient (Wildman–Crippen LogP) is 2.13. The number of piperidine rings is 1. The van der Waals surface area contributed by atoms with Crippen molar-refractivity contribution in [2.75, 3.05) is 18.8 Å². The van der Waals surface area contributed by atoms with Crippen LogP contribution in [0.5, 0.6) is 0 Å². The lowest BCUT2D eigenvalue weighted by molar-refractivity contribution is 0.0934. The number of halogens is 1. The van der Waals surface area contributed by atoms with Gasteiger partial charge in [0.05, 0.1) is 11.4 Å². The Bertz CT molecular complexity index is 1120. The maximum absolute atomic E-state index is 13.0. The number of nitrogens with zero attached hydrogens (tertiary/aromatic N) is 6. The third kappa shape index (κ3) is 4.81. The van der Waals surface area contributed by atoms with Gasteiger partial charge in [0.1, 0.15) is 0 Å². The van der Waals surface area contributed by atoms with E-state index in [1.54, 1.807) is 0 Å². The van der Waals surface area contributed by atoms with Gasteiger partial charge >= 0.3 is 0 Å². The molecule has 0 unspecified atom stereocenters. The van der Waals surface area contributed by atoms with Crippen LogP contribution in [-0.2, 0) is 6.54 Å². The molecule has 32 heavy (non-hydrogen) atoms. The van der Waals surface area contributed by atoms with Gasteiger partial charge in [0, 0.05) is 11.0 Å². The lowest BCUT2D eigenvalue weighted by Gasteiger charge is -2.30. The molecule has 11 nitrogen and oxygen atoms in total. The monoisotopic (exact) mass is 501 g/mol. The van der Waals surface area contributed by atoms with Gasteiger partial charge in [0.25, 0.3) is 5.91 Å². The number of anilines is 1. The fraction of sp³-hybridized carbons (Fsp3) is 0.350. The summed E-state index contributed by atoms with van der Waals surface area (Å²) in [4.78, 5) is 15.2. The summed E-state index contributed by atoms with van der Waals surface area (Å²) in [6, 6.07) is 7.56. The first-order chi connectivity index (χ1) is 15.4. The number of aromatic nitrogens is 5. The standard InChI is InChI=1S/C20H24BrN9O2/c1-12-6-8-29(9-7-12)11-16-17(24-28-30(16)19-18(22)26-32-27-19)20(31)25-23-13(2)14-4-3-5-15(21)10-14/h3-5,10,12,23H,2,6-9,11H2,1H3,(H2,22,26)(H,25,31). The SMILES string of the molecule is C=C(NNC(=O)c1nnn(-c2nonc2N)c1CN1CCC(C)CC1)c1cccc(Br)c1. The summed E-state index contributed by atoms with van der Waals surface area (Å²) in [5, 5.41) is 15.6. The highest BCUT2D eigenvalue weighted by Gasteiger charge is 2.27. The fourth-order valence-corrected chi connectivity index (χ4v) is 3.90. The first kappa shape index (κ1) is 22.0. The molecular weight excluding hydrogens is 478 g/mol. The van der Waals surface area contributed by atoms with Crippen molar-refractivity contribution in [3.63, 3.8) is 0 Å². The number of nitrogens with two attached hydrogens (primary N) is 1. The summed E-state index contributed by atoms with van der Waals surface area (Å²) in [5.74, 6) is 0.489. The Balaban J connectivity index is 1.54. The second-order valence-corrected chi connectivity index (χ2v) is 8.71. The number of carbonyl (C=O) groups is 1. The summed E-state index contributed by atoms with van der Waals surface area (Å²) in [6.45, 7) is 8.50. The third-order valence-corrected chi connectivity index (χ3v) is 5.92. The van der Waals surface area contributed by atoms with E-state index in [2.05, 4.69) is 65.8 Å². The van der Waals surface area contributed by atoms with E-state index in [1.807, 2.05) is 24.3 Å². The van der Waals surface area contributed by atoms with E-state index in [1.165, 1.54) is 4.68 Å². The highest BCUT2D eigenvalue weighted by atomic mass is 79.9. The molecule has 0 radical (unpaired) electrons. The summed E-state index contributed by atoms with van der Waals surface area (Å²) in [7, 11) is 0. The zero-order chi connectivity index (χ0) is 22.7. The zero-order valence-corrected chi connectivity index (χ0v) is 19.2. The van der Waals surface area contributed by atoms with Crippen LogP contribution in [0.4, 0.5) is 5.82 Å². The summed E-state index contributed by atoms with van der Waals surface area (Å²) in [6.07, 6.45) is 2.18. The number of nitrogen functional groups attached to an aromatic ring is 1. The molecule has 1 aliphatic heterocycles. The van der Waals surface area contributed by atoms with E-state index in [0.29, 0.717) is 23.9 Å². The Hall–Kier alpha value is -3.25. The van der Waals surface area contributed by atoms with Crippen LogP contribution in [0.1, 0.15) is 41.5 Å². The molecule has 1 saturated heterocycles. The number of hydrogen-bond donors (Lipinski definition) is 3. The first-order valence-electron chi connectivity index (χ1n) is 10.2. The van der Waals surface area contributed by atoms with E-state index in [4.69, 9.17) is 10.4 Å². The quantitative estimate of drug-likeness (QED) is 0.415. The molecule has 0 aliphatic carbocycles. The summed E-state index contributed by atoms with van der Waals surface area (Å²) >= 11 is 3.42. The minimum atomic E-state index is -0.456. The Morgan fingerprint density at radius 1 is 1.31 bits per heavy atom. The first-order valence-corrected chi connectivity index (χ1v) is 11.0. The van der Waals surface area contributed by atoms with Crippen molar-refractivity contribution in [3.05, 3.63) is 52.3 Å². The van der Waals surface area contributed by atoms with Crippen LogP contribution < -0.4 is 16.6 Å². The largest absolute Gasteiger partial charge is 0.378 e. The normalized spacial score (nSPS) is 14.9. The second-order valence-electron chi connectivity index (χ2n) is 7.80. The van der Waals surface area contributed by atoms with Crippen LogP contribution >= 0.6 is 15.9 Å². The molecule has 2 aromatic heterocycles. The van der Waals surface area contributed by atoms with Gasteiger partial charge < -0.3 is 5.73 Å². The molecule has 0 saturated carbocycles. The lowest BCUT2D eigenvalue weighted by atomic mass is 9.99. The lowest BCUT2D eigenvalue weighted by Crippen LogP contribution is -2.38. The number of nitrogens with one attached hydrogen (secondary N) is 2. The van der Waals surface area contributed by atoms with Gasteiger partial charge in [0.2, 0.25) is 11.6 Å². The number of benzene rings is 1. The van der Waals surface area contributed by atoms with Crippen LogP contribution in [0.15, 0.2) is 39.9 Å². The van der Waals surface area contributed by atoms with E-state index in [-0.39, 0.29) is 17.3 Å². The highest BCUT2D eigenvalue weighted by molar-refractivity contribution is 9.10. The fourth-order valence-electron chi connectivity index (χ4n) is 3.50. The van der Waals surface area contributed by atoms with E-state index >= 15 is 0 Å². The summed E-state index contributed by atoms with van der Waals surface area (Å²) < 4.78 is 7.02. The topological polar surface area (TPSA) is 140 Å². The number of hydrazine groups is 1. The van der Waals surface area contributed by atoms with Crippen molar-refractivity contribution in [2.24, 2.45) is 5.92 Å². The van der Waals surface area contributed by atoms with Crippen molar-refractivity contribution in [1.82, 2.24) is 41.1 Å². The molecule has 1 aromatic carbocycles. The molecule has 0 bridgehead atoms. The Kier molecular flexibility index (Phi) is 6.51. The molecule has 1 fully saturated rings. The van der Waals surface area contributed by atoms with Crippen molar-refractivity contribution >= 4 is 33.4 Å². The smallest absolute Gasteiger partial charge is 0.292 e. The number of amides is 1. The molecule has 0 atom stereocenters. The van der Waals surface area contributed by atoms with Crippen LogP contribution in [0.3, 0.4) is 0 Å². The van der Waals surface area contributed by atoms with E-state index in [9.17, 15) is 4.79 Å². The number of likely N-dealkylation sites (tertiary alicyclic amines) is 1. The Labute approximate surface area is 193 Å². The van der Waals surface area contributed by atoms with Gasteiger partial charge in [-0.25, -0.2) is 4.63 Å². The highest BCUT2D eigenvalue weighted by Crippen LogP contribution is 2.22. The van der Waals surface area contributed by atoms with E-state index in [0.717, 1.165) is 36.0 Å². The predicted molar refractivity (Wildman–Crippen MR) is 121 cm³/mol. The molecule has 4 N–H and O–H groups in total. The second kappa shape index (κ2) is 9.49. The molecular formula is C20H24BrN9O2. The van der Waals surface area contributed by atoms with Gasteiger partial charge in [-0.3, -0.25) is 20.5 Å². The van der Waals surface area contributed by atoms with Crippen LogP contribution in [0.25, 0.3) is 11.5 Å². The minimum absolute atomic E-state index is 0.0662. The number of rotatable bonds is 7. The molecule has 3 heterocycles. The average molecular weight is 502 g/mol. The molecule has 3 aromatic rings. The van der Waals surface area contributed by atoms with Gasteiger partial charge in [0.15, 0.2) is 5.69 Å². The molecule has 1 aliphatic rings. The molecule has 168 valence electrons. The maximum atomic E-state index is 13.0. The Morgan fingerprint density at radius 3 is 2.78 bits per heavy atom. The van der Waals surface area contributed by atoms with Crippen LogP contribution in [-0.4, -0.2) is 49.2 Å². The van der Waals surface area contributed by atoms with Crippen LogP contribution in [0, 0.1) is 5.92 Å². The molecule has 12 heteroatoms. The number of hydrogen-bond acceptors (Lipinski definition) is 9. The van der Waals surface area contributed by atoms with Crippen molar-refractivity contribution in [3.8, 4) is 5.82 Å². The zero-order valence-electron chi connectivity index (χ0n) is 17.6. The van der Waals surface area contributed by atoms with Crippen LogP contribution in [0.2, 0.25) is 0 Å². The molecule has 0 spiro atoms. The van der Waals surface area contributed by atoms with Crippen molar-refractivity contribution < 1.29 is 9.42 Å². The average Bonchev–Trinajstić information content (AvgIpc) is 3.39.